The summed E-state index contributed by atoms with van der Waals surface area (Å²) < 4.78 is 17.2. The van der Waals surface area contributed by atoms with E-state index in [4.69, 9.17) is 14.2 Å². The first kappa shape index (κ1) is 17.5. The normalized spacial score (nSPS) is 27.5. The molecule has 2 saturated heterocycles. The largest absolute Gasteiger partial charge is 0.497 e. The summed E-state index contributed by atoms with van der Waals surface area (Å²) in [6.45, 7) is 9.13. The topological polar surface area (TPSA) is 30.9 Å². The van der Waals surface area contributed by atoms with E-state index >= 15 is 0 Å². The number of ether oxygens (including phenoxy) is 3. The smallest absolute Gasteiger partial charge is 0.118 e. The van der Waals surface area contributed by atoms with Gasteiger partial charge in [-0.2, -0.15) is 0 Å². The fraction of sp³-hybridized carbons (Fsp3) is 0.600. The van der Waals surface area contributed by atoms with Crippen LogP contribution in [0, 0.1) is 5.41 Å². The molecule has 2 aliphatic rings. The molecule has 0 radical (unpaired) electrons. The molecule has 0 amide bonds. The Labute approximate surface area is 145 Å². The van der Waals surface area contributed by atoms with Gasteiger partial charge < -0.3 is 14.2 Å². The lowest BCUT2D eigenvalue weighted by molar-refractivity contribution is -0.152. The van der Waals surface area contributed by atoms with Crippen molar-refractivity contribution in [2.24, 2.45) is 5.41 Å². The summed E-state index contributed by atoms with van der Waals surface area (Å²) >= 11 is 0. The molecule has 2 heterocycles. The molecular formula is C20H29NO3. The average molecular weight is 331 g/mol. The quantitative estimate of drug-likeness (QED) is 0.567. The van der Waals surface area contributed by atoms with Gasteiger partial charge in [-0.1, -0.05) is 18.2 Å². The maximum Gasteiger partial charge on any atom is 0.118 e. The van der Waals surface area contributed by atoms with Gasteiger partial charge in [-0.05, 0) is 37.0 Å². The molecule has 1 aromatic rings. The summed E-state index contributed by atoms with van der Waals surface area (Å²) in [5.74, 6) is 0.910. The van der Waals surface area contributed by atoms with Crippen LogP contribution >= 0.6 is 0 Å². The number of likely N-dealkylation sites (tertiary alicyclic amines) is 1. The van der Waals surface area contributed by atoms with Crippen molar-refractivity contribution >= 4 is 0 Å². The summed E-state index contributed by atoms with van der Waals surface area (Å²) in [6, 6.07) is 8.38. The van der Waals surface area contributed by atoms with Crippen LogP contribution < -0.4 is 4.74 Å². The van der Waals surface area contributed by atoms with Crippen LogP contribution in [0.25, 0.3) is 0 Å². The molecule has 0 aromatic heterocycles. The van der Waals surface area contributed by atoms with Crippen LogP contribution in [0.5, 0.6) is 5.75 Å². The highest BCUT2D eigenvalue weighted by Gasteiger charge is 2.46. The number of fused-ring (bicyclic) bond motifs is 1. The Morgan fingerprint density at radius 3 is 2.96 bits per heavy atom. The third kappa shape index (κ3) is 4.00. The van der Waals surface area contributed by atoms with Gasteiger partial charge in [0, 0.05) is 31.7 Å². The molecule has 2 aliphatic heterocycles. The average Bonchev–Trinajstić information content (AvgIpc) is 2.62. The van der Waals surface area contributed by atoms with Gasteiger partial charge in [-0.25, -0.2) is 0 Å². The number of nitrogens with zero attached hydrogens (tertiary/aromatic N) is 1. The Balaban J connectivity index is 1.65. The second-order valence-corrected chi connectivity index (χ2v) is 6.98. The third-order valence-corrected chi connectivity index (χ3v) is 5.26. The van der Waals surface area contributed by atoms with E-state index in [2.05, 4.69) is 23.6 Å². The molecule has 4 heteroatoms. The predicted octanol–water partition coefficient (Wildman–Crippen LogP) is 3.27. The van der Waals surface area contributed by atoms with Crippen LogP contribution in [-0.2, 0) is 16.0 Å². The molecule has 0 unspecified atom stereocenters. The number of hydrogen-bond acceptors (Lipinski definition) is 4. The monoisotopic (exact) mass is 331 g/mol. The highest BCUT2D eigenvalue weighted by Crippen LogP contribution is 2.40. The molecule has 1 aromatic carbocycles. The highest BCUT2D eigenvalue weighted by atomic mass is 16.5. The molecule has 0 saturated carbocycles. The van der Waals surface area contributed by atoms with E-state index in [1.54, 1.807) is 7.11 Å². The number of hydrogen-bond donors (Lipinski definition) is 0. The zero-order valence-electron chi connectivity index (χ0n) is 14.7. The second kappa shape index (κ2) is 8.15. The van der Waals surface area contributed by atoms with Crippen molar-refractivity contribution in [1.82, 2.24) is 4.90 Å². The van der Waals surface area contributed by atoms with Crippen LogP contribution in [-0.4, -0.2) is 51.0 Å². The van der Waals surface area contributed by atoms with E-state index in [0.29, 0.717) is 12.7 Å². The van der Waals surface area contributed by atoms with Gasteiger partial charge in [0.05, 0.1) is 26.4 Å². The molecule has 2 atom stereocenters. The molecule has 0 spiro atoms. The first-order chi connectivity index (χ1) is 11.8. The minimum Gasteiger partial charge on any atom is -0.497 e. The van der Waals surface area contributed by atoms with Gasteiger partial charge in [0.15, 0.2) is 0 Å². The number of methoxy groups -OCH3 is 1. The first-order valence-electron chi connectivity index (χ1n) is 8.91. The second-order valence-electron chi connectivity index (χ2n) is 6.98. The van der Waals surface area contributed by atoms with Crippen molar-refractivity contribution in [2.45, 2.75) is 31.9 Å². The van der Waals surface area contributed by atoms with Gasteiger partial charge in [0.2, 0.25) is 0 Å². The standard InChI is InChI=1S/C20H29NO3/c1-3-12-23-16-20-10-4-13-24-19(20)9-11-21(15-20)14-17-5-7-18(22-2)8-6-17/h3,5-8,19H,1,4,9-16H2,2H3/t19-,20-/m0/s1. The molecule has 2 fully saturated rings. The molecule has 132 valence electrons. The van der Waals surface area contributed by atoms with Crippen LogP contribution in [0.3, 0.4) is 0 Å². The molecule has 3 rings (SSSR count). The number of benzene rings is 1. The zero-order chi connectivity index (χ0) is 16.8. The molecule has 4 nitrogen and oxygen atoms in total. The number of piperidine rings is 1. The maximum atomic E-state index is 6.10. The van der Waals surface area contributed by atoms with Crippen molar-refractivity contribution in [3.05, 3.63) is 42.5 Å². The Bertz CT molecular complexity index is 530. The molecule has 0 N–H and O–H groups in total. The van der Waals surface area contributed by atoms with Gasteiger partial charge in [0.25, 0.3) is 0 Å². The van der Waals surface area contributed by atoms with E-state index in [1.165, 1.54) is 12.0 Å². The lowest BCUT2D eigenvalue weighted by Gasteiger charge is -2.50. The van der Waals surface area contributed by atoms with E-state index < -0.39 is 0 Å². The van der Waals surface area contributed by atoms with Crippen molar-refractivity contribution in [1.29, 1.82) is 0 Å². The van der Waals surface area contributed by atoms with Crippen LogP contribution in [0.15, 0.2) is 36.9 Å². The van der Waals surface area contributed by atoms with Gasteiger partial charge >= 0.3 is 0 Å². The summed E-state index contributed by atoms with van der Waals surface area (Å²) in [5.41, 5.74) is 1.46. The zero-order valence-corrected chi connectivity index (χ0v) is 14.7. The van der Waals surface area contributed by atoms with Crippen molar-refractivity contribution in [3.63, 3.8) is 0 Å². The van der Waals surface area contributed by atoms with Crippen molar-refractivity contribution in [3.8, 4) is 5.75 Å². The molecular weight excluding hydrogens is 302 g/mol. The fourth-order valence-corrected chi connectivity index (χ4v) is 4.06. The van der Waals surface area contributed by atoms with E-state index in [9.17, 15) is 0 Å². The highest BCUT2D eigenvalue weighted by molar-refractivity contribution is 5.27. The number of rotatable bonds is 7. The fourth-order valence-electron chi connectivity index (χ4n) is 4.06. The van der Waals surface area contributed by atoms with Gasteiger partial charge in [0.1, 0.15) is 5.75 Å². The summed E-state index contributed by atoms with van der Waals surface area (Å²) in [6.07, 6.45) is 5.57. The van der Waals surface area contributed by atoms with Crippen LogP contribution in [0.2, 0.25) is 0 Å². The van der Waals surface area contributed by atoms with E-state index in [0.717, 1.165) is 51.4 Å². The van der Waals surface area contributed by atoms with E-state index in [-0.39, 0.29) is 5.41 Å². The van der Waals surface area contributed by atoms with Gasteiger partial charge in [-0.15, -0.1) is 6.58 Å². The molecule has 0 aliphatic carbocycles. The SMILES string of the molecule is C=CCOC[C@@]12CCCO[C@H]1CCN(Cc1ccc(OC)cc1)C2. The third-order valence-electron chi connectivity index (χ3n) is 5.26. The summed E-state index contributed by atoms with van der Waals surface area (Å²) in [5, 5.41) is 0. The maximum absolute atomic E-state index is 6.10. The lowest BCUT2D eigenvalue weighted by Crippen LogP contribution is -2.56. The minimum atomic E-state index is 0.131. The van der Waals surface area contributed by atoms with Crippen LogP contribution in [0.4, 0.5) is 0 Å². The lowest BCUT2D eigenvalue weighted by atomic mass is 9.73. The Morgan fingerprint density at radius 1 is 1.38 bits per heavy atom. The first-order valence-corrected chi connectivity index (χ1v) is 8.91. The summed E-state index contributed by atoms with van der Waals surface area (Å²) in [4.78, 5) is 2.55. The van der Waals surface area contributed by atoms with Gasteiger partial charge in [-0.3, -0.25) is 4.90 Å². The molecule has 24 heavy (non-hydrogen) atoms. The minimum absolute atomic E-state index is 0.131. The Kier molecular flexibility index (Phi) is 5.93. The van der Waals surface area contributed by atoms with Crippen molar-refractivity contribution < 1.29 is 14.2 Å². The Hall–Kier alpha value is -1.36. The predicted molar refractivity (Wildman–Crippen MR) is 95.3 cm³/mol. The Morgan fingerprint density at radius 2 is 2.21 bits per heavy atom. The van der Waals surface area contributed by atoms with Crippen molar-refractivity contribution in [2.75, 3.05) is 40.0 Å². The summed E-state index contributed by atoms with van der Waals surface area (Å²) in [7, 11) is 1.70. The molecule has 0 bridgehead atoms. The van der Waals surface area contributed by atoms with E-state index in [1.807, 2.05) is 18.2 Å². The van der Waals surface area contributed by atoms with Crippen LogP contribution in [0.1, 0.15) is 24.8 Å².